The third kappa shape index (κ3) is 1.23. The van der Waals surface area contributed by atoms with Crippen LogP contribution < -0.4 is 0 Å². The maximum absolute atomic E-state index is 12.1. The minimum Gasteiger partial charge on any atom is -0.297 e. The van der Waals surface area contributed by atoms with Gasteiger partial charge in [-0.25, -0.2) is 0 Å². The molecule has 2 saturated heterocycles. The van der Waals surface area contributed by atoms with Gasteiger partial charge in [-0.05, 0) is 38.8 Å². The van der Waals surface area contributed by atoms with Gasteiger partial charge in [0.1, 0.15) is 0 Å². The summed E-state index contributed by atoms with van der Waals surface area (Å²) in [6, 6.07) is 0. The zero-order valence-corrected chi connectivity index (χ0v) is 8.68. The molecular weight excluding hydrogens is 162 g/mol. The fraction of sp³-hybridized carbons (Fsp3) is 0.909. The standard InChI is InChI=1S/C11H19NO/c1-9(2)10(13)11-5-3-7-12(11)8-4-6-11/h9H,3-8H2,1-2H3. The Morgan fingerprint density at radius 1 is 1.23 bits per heavy atom. The van der Waals surface area contributed by atoms with Gasteiger partial charge in [0.25, 0.3) is 0 Å². The van der Waals surface area contributed by atoms with Crippen LogP contribution in [0.4, 0.5) is 0 Å². The first-order valence-corrected chi connectivity index (χ1v) is 5.46. The third-order valence-electron chi connectivity index (χ3n) is 3.63. The van der Waals surface area contributed by atoms with Gasteiger partial charge in [-0.15, -0.1) is 0 Å². The smallest absolute Gasteiger partial charge is 0.155 e. The van der Waals surface area contributed by atoms with Crippen molar-refractivity contribution in [3.63, 3.8) is 0 Å². The Hall–Kier alpha value is -0.370. The van der Waals surface area contributed by atoms with E-state index in [4.69, 9.17) is 0 Å². The van der Waals surface area contributed by atoms with Gasteiger partial charge in [0, 0.05) is 5.92 Å². The first-order chi connectivity index (χ1) is 6.17. The van der Waals surface area contributed by atoms with Crippen LogP contribution in [0.15, 0.2) is 0 Å². The van der Waals surface area contributed by atoms with Crippen LogP contribution >= 0.6 is 0 Å². The molecule has 2 aliphatic rings. The van der Waals surface area contributed by atoms with E-state index in [1.54, 1.807) is 0 Å². The van der Waals surface area contributed by atoms with E-state index in [0.29, 0.717) is 5.78 Å². The minimum atomic E-state index is -0.0197. The molecule has 0 atom stereocenters. The molecule has 74 valence electrons. The average Bonchev–Trinajstić information content (AvgIpc) is 2.59. The lowest BCUT2D eigenvalue weighted by molar-refractivity contribution is -0.131. The van der Waals surface area contributed by atoms with Crippen molar-refractivity contribution in [1.82, 2.24) is 4.90 Å². The summed E-state index contributed by atoms with van der Waals surface area (Å²) in [5, 5.41) is 0. The number of Topliss-reactive ketones (excluding diaryl/α,β-unsaturated/α-hetero) is 1. The second-order valence-corrected chi connectivity index (χ2v) is 4.74. The molecule has 0 aromatic carbocycles. The topological polar surface area (TPSA) is 20.3 Å². The molecule has 0 N–H and O–H groups in total. The van der Waals surface area contributed by atoms with E-state index in [0.717, 1.165) is 25.9 Å². The summed E-state index contributed by atoms with van der Waals surface area (Å²) in [5.41, 5.74) is -0.0197. The molecule has 2 heterocycles. The highest BCUT2D eigenvalue weighted by atomic mass is 16.1. The van der Waals surface area contributed by atoms with Crippen molar-refractivity contribution >= 4 is 5.78 Å². The molecular formula is C11H19NO. The number of carbonyl (C=O) groups is 1. The van der Waals surface area contributed by atoms with Crippen molar-refractivity contribution in [2.45, 2.75) is 45.1 Å². The van der Waals surface area contributed by atoms with Gasteiger partial charge in [-0.3, -0.25) is 9.69 Å². The molecule has 0 spiro atoms. The second-order valence-electron chi connectivity index (χ2n) is 4.74. The van der Waals surface area contributed by atoms with Gasteiger partial charge in [0.05, 0.1) is 5.54 Å². The summed E-state index contributed by atoms with van der Waals surface area (Å²) >= 11 is 0. The number of rotatable bonds is 2. The summed E-state index contributed by atoms with van der Waals surface area (Å²) in [6.07, 6.45) is 4.67. The number of fused-ring (bicyclic) bond motifs is 1. The van der Waals surface area contributed by atoms with E-state index >= 15 is 0 Å². The van der Waals surface area contributed by atoms with Crippen molar-refractivity contribution in [2.24, 2.45) is 5.92 Å². The molecule has 0 radical (unpaired) electrons. The molecule has 0 amide bonds. The Bertz CT molecular complexity index is 212. The van der Waals surface area contributed by atoms with Crippen LogP contribution in [0.25, 0.3) is 0 Å². The highest BCUT2D eigenvalue weighted by Gasteiger charge is 2.49. The summed E-state index contributed by atoms with van der Waals surface area (Å²) in [4.78, 5) is 14.5. The first kappa shape index (κ1) is 9.20. The van der Waals surface area contributed by atoms with Crippen LogP contribution in [0, 0.1) is 5.92 Å². The Morgan fingerprint density at radius 2 is 1.77 bits per heavy atom. The van der Waals surface area contributed by atoms with E-state index in [2.05, 4.69) is 4.90 Å². The highest BCUT2D eigenvalue weighted by Crippen LogP contribution is 2.40. The van der Waals surface area contributed by atoms with Crippen molar-refractivity contribution in [3.8, 4) is 0 Å². The number of hydrogen-bond acceptors (Lipinski definition) is 2. The lowest BCUT2D eigenvalue weighted by atomic mass is 9.84. The van der Waals surface area contributed by atoms with Gasteiger partial charge in [0.15, 0.2) is 5.78 Å². The number of nitrogens with zero attached hydrogens (tertiary/aromatic N) is 1. The van der Waals surface area contributed by atoms with Crippen molar-refractivity contribution in [1.29, 1.82) is 0 Å². The molecule has 2 fully saturated rings. The third-order valence-corrected chi connectivity index (χ3v) is 3.63. The molecule has 0 aromatic rings. The molecule has 0 bridgehead atoms. The van der Waals surface area contributed by atoms with Crippen LogP contribution in [0.3, 0.4) is 0 Å². The van der Waals surface area contributed by atoms with Crippen LogP contribution in [-0.2, 0) is 4.79 Å². The SMILES string of the molecule is CC(C)C(=O)C12CCCN1CCC2. The fourth-order valence-electron chi connectivity index (χ4n) is 3.05. The summed E-state index contributed by atoms with van der Waals surface area (Å²) in [6.45, 7) is 6.37. The Morgan fingerprint density at radius 3 is 2.23 bits per heavy atom. The van der Waals surface area contributed by atoms with Gasteiger partial charge >= 0.3 is 0 Å². The number of carbonyl (C=O) groups excluding carboxylic acids is 1. The van der Waals surface area contributed by atoms with E-state index < -0.39 is 0 Å². The largest absolute Gasteiger partial charge is 0.297 e. The Kier molecular flexibility index (Phi) is 2.18. The molecule has 0 unspecified atom stereocenters. The van der Waals surface area contributed by atoms with Crippen molar-refractivity contribution in [3.05, 3.63) is 0 Å². The summed E-state index contributed by atoms with van der Waals surface area (Å²) in [5.74, 6) is 0.696. The van der Waals surface area contributed by atoms with Crippen LogP contribution in [-0.4, -0.2) is 29.3 Å². The van der Waals surface area contributed by atoms with Crippen molar-refractivity contribution in [2.75, 3.05) is 13.1 Å². The van der Waals surface area contributed by atoms with E-state index in [1.165, 1.54) is 12.8 Å². The fourth-order valence-corrected chi connectivity index (χ4v) is 3.05. The van der Waals surface area contributed by atoms with Crippen LogP contribution in [0.2, 0.25) is 0 Å². The summed E-state index contributed by atoms with van der Waals surface area (Å²) in [7, 11) is 0. The van der Waals surface area contributed by atoms with Gasteiger partial charge in [-0.1, -0.05) is 13.8 Å². The quantitative estimate of drug-likeness (QED) is 0.648. The molecule has 2 nitrogen and oxygen atoms in total. The van der Waals surface area contributed by atoms with Gasteiger partial charge in [-0.2, -0.15) is 0 Å². The monoisotopic (exact) mass is 181 g/mol. The minimum absolute atomic E-state index is 0.0197. The predicted octanol–water partition coefficient (Wildman–Crippen LogP) is 1.84. The van der Waals surface area contributed by atoms with E-state index in [1.807, 2.05) is 13.8 Å². The second kappa shape index (κ2) is 3.09. The van der Waals surface area contributed by atoms with Gasteiger partial charge < -0.3 is 0 Å². The average molecular weight is 181 g/mol. The highest BCUT2D eigenvalue weighted by molar-refractivity contribution is 5.90. The molecule has 0 aromatic heterocycles. The van der Waals surface area contributed by atoms with Crippen LogP contribution in [0.1, 0.15) is 39.5 Å². The molecule has 0 saturated carbocycles. The Labute approximate surface area is 80.3 Å². The predicted molar refractivity (Wildman–Crippen MR) is 52.6 cm³/mol. The molecule has 2 heteroatoms. The maximum atomic E-state index is 12.1. The first-order valence-electron chi connectivity index (χ1n) is 5.46. The molecule has 0 aliphatic carbocycles. The van der Waals surface area contributed by atoms with Gasteiger partial charge in [0.2, 0.25) is 0 Å². The molecule has 2 aliphatic heterocycles. The zero-order chi connectivity index (χ0) is 9.47. The maximum Gasteiger partial charge on any atom is 0.155 e. The lowest BCUT2D eigenvalue weighted by Gasteiger charge is -2.31. The molecule has 2 rings (SSSR count). The molecule has 13 heavy (non-hydrogen) atoms. The zero-order valence-electron chi connectivity index (χ0n) is 8.68. The van der Waals surface area contributed by atoms with E-state index in [9.17, 15) is 4.79 Å². The van der Waals surface area contributed by atoms with Crippen molar-refractivity contribution < 1.29 is 4.79 Å². The summed E-state index contributed by atoms with van der Waals surface area (Å²) < 4.78 is 0. The number of ketones is 1. The van der Waals surface area contributed by atoms with E-state index in [-0.39, 0.29) is 11.5 Å². The number of hydrogen-bond donors (Lipinski definition) is 0. The van der Waals surface area contributed by atoms with Crippen LogP contribution in [0.5, 0.6) is 0 Å². The normalized spacial score (nSPS) is 26.7. The lowest BCUT2D eigenvalue weighted by Crippen LogP contribution is -2.47. The Balaban J connectivity index is 2.22.